The van der Waals surface area contributed by atoms with Crippen molar-refractivity contribution in [2.75, 3.05) is 13.1 Å². The predicted molar refractivity (Wildman–Crippen MR) is 104 cm³/mol. The zero-order chi connectivity index (χ0) is 18.7. The Morgan fingerprint density at radius 2 is 1.67 bits per heavy atom. The quantitative estimate of drug-likeness (QED) is 0.781. The van der Waals surface area contributed by atoms with Crippen LogP contribution in [0.15, 0.2) is 29.2 Å². The van der Waals surface area contributed by atoms with Crippen molar-refractivity contribution in [2.24, 2.45) is 11.7 Å². The molecule has 3 rings (SSSR count). The normalized spacial score (nSPS) is 24.8. The highest BCUT2D eigenvalue weighted by Crippen LogP contribution is 2.26. The largest absolute Gasteiger partial charge is 0.353 e. The molecule has 1 amide bonds. The molecule has 1 aromatic carbocycles. The van der Waals surface area contributed by atoms with Crippen LogP contribution < -0.4 is 11.1 Å². The molecule has 2 fully saturated rings. The van der Waals surface area contributed by atoms with Crippen LogP contribution in [-0.4, -0.2) is 43.8 Å². The number of carbonyl (C=O) groups is 1. The molecule has 0 aromatic heterocycles. The Labute approximate surface area is 166 Å². The van der Waals surface area contributed by atoms with E-state index in [2.05, 4.69) is 5.32 Å². The van der Waals surface area contributed by atoms with Crippen LogP contribution in [0.5, 0.6) is 0 Å². The Kier molecular flexibility index (Phi) is 7.62. The van der Waals surface area contributed by atoms with E-state index in [1.165, 1.54) is 22.5 Å². The van der Waals surface area contributed by atoms with Crippen LogP contribution >= 0.6 is 12.4 Å². The molecule has 1 heterocycles. The third-order valence-electron chi connectivity index (χ3n) is 5.40. The first-order chi connectivity index (χ1) is 12.4. The molecular formula is C18H27ClFN3O3S. The van der Waals surface area contributed by atoms with Crippen molar-refractivity contribution >= 4 is 28.3 Å². The van der Waals surface area contributed by atoms with E-state index in [4.69, 9.17) is 5.73 Å². The van der Waals surface area contributed by atoms with Gasteiger partial charge in [0.2, 0.25) is 15.9 Å². The monoisotopic (exact) mass is 419 g/mol. The van der Waals surface area contributed by atoms with Crippen molar-refractivity contribution in [3.63, 3.8) is 0 Å². The minimum absolute atomic E-state index is 0. The number of benzene rings is 1. The number of nitrogens with two attached hydrogens (primary N) is 1. The van der Waals surface area contributed by atoms with Gasteiger partial charge in [0.05, 0.1) is 0 Å². The summed E-state index contributed by atoms with van der Waals surface area (Å²) in [6.07, 6.45) is 4.53. The molecule has 6 nitrogen and oxygen atoms in total. The first kappa shape index (κ1) is 22.1. The van der Waals surface area contributed by atoms with Crippen LogP contribution in [0.1, 0.15) is 38.5 Å². The van der Waals surface area contributed by atoms with Gasteiger partial charge >= 0.3 is 0 Å². The van der Waals surface area contributed by atoms with Gasteiger partial charge in [-0.3, -0.25) is 4.79 Å². The molecule has 152 valence electrons. The molecule has 0 unspecified atom stereocenters. The van der Waals surface area contributed by atoms with Gasteiger partial charge in [-0.05, 0) is 50.7 Å². The Bertz CT molecular complexity index is 746. The maximum absolute atomic E-state index is 13.9. The summed E-state index contributed by atoms with van der Waals surface area (Å²) in [5.41, 5.74) is 5.88. The fourth-order valence-corrected chi connectivity index (χ4v) is 5.27. The molecule has 3 N–H and O–H groups in total. The van der Waals surface area contributed by atoms with E-state index in [0.29, 0.717) is 12.8 Å². The molecule has 1 aromatic rings. The molecule has 0 spiro atoms. The van der Waals surface area contributed by atoms with Crippen LogP contribution in [-0.2, 0) is 14.8 Å². The second-order valence-electron chi connectivity index (χ2n) is 7.23. The second kappa shape index (κ2) is 9.32. The van der Waals surface area contributed by atoms with Gasteiger partial charge in [0.25, 0.3) is 0 Å². The maximum Gasteiger partial charge on any atom is 0.245 e. The zero-order valence-electron chi connectivity index (χ0n) is 15.1. The number of nitrogens with one attached hydrogen (secondary N) is 1. The van der Waals surface area contributed by atoms with Crippen LogP contribution in [0.4, 0.5) is 4.39 Å². The van der Waals surface area contributed by atoms with Crippen LogP contribution in [0, 0.1) is 11.7 Å². The van der Waals surface area contributed by atoms with E-state index in [0.717, 1.165) is 31.7 Å². The molecule has 1 saturated carbocycles. The van der Waals surface area contributed by atoms with Crippen LogP contribution in [0.2, 0.25) is 0 Å². The molecule has 0 bridgehead atoms. The van der Waals surface area contributed by atoms with E-state index < -0.39 is 15.8 Å². The number of hydrogen-bond acceptors (Lipinski definition) is 4. The summed E-state index contributed by atoms with van der Waals surface area (Å²) in [6.45, 7) is 0.453. The van der Waals surface area contributed by atoms with Gasteiger partial charge in [-0.2, -0.15) is 4.31 Å². The number of piperidine rings is 1. The molecular weight excluding hydrogens is 393 g/mol. The molecule has 1 aliphatic carbocycles. The number of rotatable bonds is 4. The number of hydrogen-bond donors (Lipinski definition) is 2. The molecule has 0 atom stereocenters. The van der Waals surface area contributed by atoms with Gasteiger partial charge in [-0.1, -0.05) is 12.1 Å². The molecule has 27 heavy (non-hydrogen) atoms. The molecule has 1 aliphatic heterocycles. The van der Waals surface area contributed by atoms with Crippen molar-refractivity contribution in [1.82, 2.24) is 9.62 Å². The highest BCUT2D eigenvalue weighted by molar-refractivity contribution is 7.89. The lowest BCUT2D eigenvalue weighted by molar-refractivity contribution is -0.127. The molecule has 2 aliphatic rings. The summed E-state index contributed by atoms with van der Waals surface area (Å²) in [5, 5.41) is 3.08. The van der Waals surface area contributed by atoms with E-state index in [-0.39, 0.29) is 54.3 Å². The lowest BCUT2D eigenvalue weighted by Gasteiger charge is -2.32. The minimum Gasteiger partial charge on any atom is -0.353 e. The predicted octanol–water partition coefficient (Wildman–Crippen LogP) is 2.03. The summed E-state index contributed by atoms with van der Waals surface area (Å²) >= 11 is 0. The van der Waals surface area contributed by atoms with Crippen molar-refractivity contribution in [3.8, 4) is 0 Å². The lowest BCUT2D eigenvalue weighted by atomic mass is 9.90. The lowest BCUT2D eigenvalue weighted by Crippen LogP contribution is -2.46. The molecule has 1 saturated heterocycles. The van der Waals surface area contributed by atoms with E-state index in [1.807, 2.05) is 0 Å². The molecule has 0 radical (unpaired) electrons. The van der Waals surface area contributed by atoms with Crippen molar-refractivity contribution < 1.29 is 17.6 Å². The van der Waals surface area contributed by atoms with E-state index in [9.17, 15) is 17.6 Å². The summed E-state index contributed by atoms with van der Waals surface area (Å²) in [4.78, 5) is 12.2. The fraction of sp³-hybridized carbons (Fsp3) is 0.611. The van der Waals surface area contributed by atoms with Gasteiger partial charge in [-0.15, -0.1) is 12.4 Å². The summed E-state index contributed by atoms with van der Waals surface area (Å²) in [5.74, 6) is -0.950. The van der Waals surface area contributed by atoms with Gasteiger partial charge in [0, 0.05) is 31.1 Å². The summed E-state index contributed by atoms with van der Waals surface area (Å²) in [7, 11) is -3.86. The number of sulfonamides is 1. The third kappa shape index (κ3) is 5.19. The summed E-state index contributed by atoms with van der Waals surface area (Å²) < 4.78 is 40.3. The average Bonchev–Trinajstić information content (AvgIpc) is 2.64. The van der Waals surface area contributed by atoms with Crippen LogP contribution in [0.3, 0.4) is 0 Å². The topological polar surface area (TPSA) is 92.5 Å². The maximum atomic E-state index is 13.9. The number of amides is 1. The fourth-order valence-electron chi connectivity index (χ4n) is 3.73. The van der Waals surface area contributed by atoms with Crippen molar-refractivity contribution in [1.29, 1.82) is 0 Å². The van der Waals surface area contributed by atoms with Gasteiger partial charge in [0.1, 0.15) is 10.7 Å². The number of nitrogens with zero attached hydrogens (tertiary/aromatic N) is 1. The Morgan fingerprint density at radius 1 is 1.07 bits per heavy atom. The Balaban J connectivity index is 0.00000261. The molecule has 9 heteroatoms. The number of halogens is 2. The van der Waals surface area contributed by atoms with E-state index in [1.54, 1.807) is 0 Å². The Hall–Kier alpha value is -1.22. The first-order valence-corrected chi connectivity index (χ1v) is 10.6. The average molecular weight is 420 g/mol. The van der Waals surface area contributed by atoms with Gasteiger partial charge < -0.3 is 11.1 Å². The number of carbonyl (C=O) groups excluding carboxylic acids is 1. The summed E-state index contributed by atoms with van der Waals surface area (Å²) in [6, 6.07) is 5.79. The highest BCUT2D eigenvalue weighted by atomic mass is 35.5. The zero-order valence-corrected chi connectivity index (χ0v) is 16.8. The second-order valence-corrected chi connectivity index (χ2v) is 9.14. The van der Waals surface area contributed by atoms with Crippen LogP contribution in [0.25, 0.3) is 0 Å². The van der Waals surface area contributed by atoms with Gasteiger partial charge in [0.15, 0.2) is 0 Å². The highest BCUT2D eigenvalue weighted by Gasteiger charge is 2.34. The van der Waals surface area contributed by atoms with Crippen molar-refractivity contribution in [2.45, 2.75) is 55.5 Å². The standard InChI is InChI=1S/C18H26FN3O3S.ClH/c19-16-3-1-2-4-17(16)26(24,25)22-11-9-13(10-12-22)18(23)21-15-7-5-14(20)6-8-15;/h1-4,13-15H,5-12,20H2,(H,21,23);1H. The Morgan fingerprint density at radius 3 is 2.26 bits per heavy atom. The van der Waals surface area contributed by atoms with Crippen molar-refractivity contribution in [3.05, 3.63) is 30.1 Å². The smallest absolute Gasteiger partial charge is 0.245 e. The SMILES string of the molecule is Cl.NC1CCC(NC(=O)C2CCN(S(=O)(=O)c3ccccc3F)CC2)CC1. The van der Waals surface area contributed by atoms with Gasteiger partial charge in [-0.25, -0.2) is 12.8 Å². The first-order valence-electron chi connectivity index (χ1n) is 9.18. The van der Waals surface area contributed by atoms with E-state index >= 15 is 0 Å². The third-order valence-corrected chi connectivity index (χ3v) is 7.33. The minimum atomic E-state index is -3.86.